The Morgan fingerprint density at radius 3 is 2.05 bits per heavy atom. The Morgan fingerprint density at radius 1 is 0.677 bits per heavy atom. The molecule has 0 aromatic heterocycles. The van der Waals surface area contributed by atoms with E-state index in [0.29, 0.717) is 29.6 Å². The van der Waals surface area contributed by atoms with Crippen molar-refractivity contribution in [2.75, 3.05) is 19.8 Å². The average molecular weight is 887 g/mol. The highest BCUT2D eigenvalue weighted by Gasteiger charge is 2.65. The molecule has 0 aromatic rings. The minimum absolute atomic E-state index is 0.105. The van der Waals surface area contributed by atoms with Gasteiger partial charge in [0.25, 0.3) is 0 Å². The molecule has 0 spiro atoms. The molecule has 8 aliphatic rings. The SMILES string of the molecule is CC1=C(CC[C@H](C)CO[C@@H]2O[C@H](CO)[C@@H](O)[C@H](O)[C@H]2O)O[C@H]2C[C@H]3[C@@H]4CC[C@@H]5C[C@@H](O[C@@H]6O[C@H](CO)[C@@H](O[C@@H]7O[C@@H](C)[C@H](O)[C@@H](O)[C@H]7O)[C@H](O)[C@H]6O)CC[C@]5(C)[C@H]4CC[C@]3(C)[C@@H]12. The summed E-state index contributed by atoms with van der Waals surface area (Å²) in [7, 11) is 0. The Labute approximate surface area is 364 Å². The van der Waals surface area contributed by atoms with Gasteiger partial charge in [-0.05, 0) is 118 Å². The number of rotatable bonds is 12. The first-order valence-corrected chi connectivity index (χ1v) is 23.3. The first-order chi connectivity index (χ1) is 29.4. The van der Waals surface area contributed by atoms with Crippen LogP contribution in [0.5, 0.6) is 0 Å². The number of aliphatic hydroxyl groups is 10. The topological polar surface area (TPSA) is 267 Å². The Balaban J connectivity index is 0.838. The van der Waals surface area contributed by atoms with Crippen molar-refractivity contribution >= 4 is 0 Å². The molecule has 0 unspecified atom stereocenters. The number of fused-ring (bicyclic) bond motifs is 7. The first kappa shape index (κ1) is 47.4. The van der Waals surface area contributed by atoms with Crippen LogP contribution >= 0.6 is 0 Å². The Bertz CT molecular complexity index is 1570. The van der Waals surface area contributed by atoms with Crippen LogP contribution in [0.4, 0.5) is 0 Å². The van der Waals surface area contributed by atoms with Crippen LogP contribution in [0.2, 0.25) is 0 Å². The van der Waals surface area contributed by atoms with Gasteiger partial charge in [0, 0.05) is 12.3 Å². The van der Waals surface area contributed by atoms with Crippen molar-refractivity contribution in [1.29, 1.82) is 0 Å². The van der Waals surface area contributed by atoms with Crippen LogP contribution in [-0.2, 0) is 33.2 Å². The van der Waals surface area contributed by atoms with Crippen LogP contribution in [0.3, 0.4) is 0 Å². The fourth-order valence-electron chi connectivity index (χ4n) is 13.7. The van der Waals surface area contributed by atoms with Crippen LogP contribution < -0.4 is 0 Å². The zero-order chi connectivity index (χ0) is 44.6. The van der Waals surface area contributed by atoms with E-state index >= 15 is 0 Å². The lowest BCUT2D eigenvalue weighted by molar-refractivity contribution is -0.361. The molecule has 10 N–H and O–H groups in total. The number of hydrogen-bond donors (Lipinski definition) is 10. The van der Waals surface area contributed by atoms with E-state index in [2.05, 4.69) is 27.7 Å². The Hall–Kier alpha value is -1.10. The monoisotopic (exact) mass is 886 g/mol. The normalized spacial score (nSPS) is 53.3. The summed E-state index contributed by atoms with van der Waals surface area (Å²) in [4.78, 5) is 0. The molecule has 7 fully saturated rings. The Kier molecular flexibility index (Phi) is 14.2. The molecule has 4 aliphatic heterocycles. The molecule has 0 bridgehead atoms. The molecule has 62 heavy (non-hydrogen) atoms. The minimum atomic E-state index is -1.63. The second-order valence-corrected chi connectivity index (χ2v) is 20.9. The van der Waals surface area contributed by atoms with E-state index in [1.807, 2.05) is 0 Å². The molecule has 17 nitrogen and oxygen atoms in total. The average Bonchev–Trinajstić information content (AvgIpc) is 3.74. The molecular formula is C45H74O17. The van der Waals surface area contributed by atoms with Gasteiger partial charge >= 0.3 is 0 Å². The van der Waals surface area contributed by atoms with Gasteiger partial charge in [0.05, 0.1) is 37.8 Å². The Morgan fingerprint density at radius 2 is 1.32 bits per heavy atom. The second-order valence-electron chi connectivity index (χ2n) is 20.9. The molecule has 356 valence electrons. The van der Waals surface area contributed by atoms with E-state index in [1.165, 1.54) is 18.9 Å². The van der Waals surface area contributed by atoms with Crippen LogP contribution in [0, 0.1) is 46.3 Å². The van der Waals surface area contributed by atoms with Gasteiger partial charge in [0.15, 0.2) is 18.9 Å². The van der Waals surface area contributed by atoms with E-state index in [9.17, 15) is 51.1 Å². The third kappa shape index (κ3) is 8.34. The van der Waals surface area contributed by atoms with Crippen molar-refractivity contribution < 1.29 is 84.2 Å². The summed E-state index contributed by atoms with van der Waals surface area (Å²) in [6.45, 7) is 10.0. The summed E-state index contributed by atoms with van der Waals surface area (Å²) in [5, 5.41) is 103. The fourth-order valence-corrected chi connectivity index (χ4v) is 13.7. The van der Waals surface area contributed by atoms with Gasteiger partial charge in [0.2, 0.25) is 0 Å². The second kappa shape index (κ2) is 18.5. The molecule has 8 rings (SSSR count). The summed E-state index contributed by atoms with van der Waals surface area (Å²) in [6.07, 6.45) is -10.3. The summed E-state index contributed by atoms with van der Waals surface area (Å²) in [5.74, 6) is 3.75. The standard InChI is InChI=1S/C45H74O17/c1-19(18-56-41-37(53)35(51)33(49)29(16-46)60-41)6-9-27-20(2)31-28(59-27)15-26-24-8-7-22-14-23(10-12-44(22,4)25(24)11-13-45(26,31)5)58-43-39(55)36(52)40(30(17-47)61-43)62-42-38(54)34(50)32(48)21(3)57-42/h19,21-26,28-43,46-55H,6-18H2,1-5H3/t19-,21-,22+,23-,24+,25-,26-,28-,29+,30+,31-,32-,33+,34+,35-,36+,37+,38+,39+,40+,41+,42-,43+,44-,45-/m0/s1. The minimum Gasteiger partial charge on any atom is -0.494 e. The lowest BCUT2D eigenvalue weighted by Crippen LogP contribution is -2.64. The largest absolute Gasteiger partial charge is 0.494 e. The maximum Gasteiger partial charge on any atom is 0.187 e. The molecule has 0 aromatic carbocycles. The third-order valence-corrected chi connectivity index (χ3v) is 17.3. The molecule has 0 radical (unpaired) electrons. The quantitative estimate of drug-likeness (QED) is 0.117. The van der Waals surface area contributed by atoms with Crippen molar-refractivity contribution in [1.82, 2.24) is 0 Å². The van der Waals surface area contributed by atoms with Gasteiger partial charge in [0.1, 0.15) is 73.2 Å². The highest BCUT2D eigenvalue weighted by atomic mass is 16.7. The number of ether oxygens (including phenoxy) is 7. The molecule has 25 atom stereocenters. The molecule has 17 heteroatoms. The van der Waals surface area contributed by atoms with E-state index in [1.54, 1.807) is 0 Å². The maximum atomic E-state index is 11.2. The third-order valence-electron chi connectivity index (χ3n) is 17.3. The number of allylic oxidation sites excluding steroid dienone is 1. The van der Waals surface area contributed by atoms with Gasteiger partial charge in [-0.15, -0.1) is 0 Å². The summed E-state index contributed by atoms with van der Waals surface area (Å²) >= 11 is 0. The van der Waals surface area contributed by atoms with Crippen molar-refractivity contribution in [3.05, 3.63) is 11.3 Å². The van der Waals surface area contributed by atoms with Crippen LogP contribution in [0.25, 0.3) is 0 Å². The van der Waals surface area contributed by atoms with Crippen LogP contribution in [-0.4, -0.2) is 175 Å². The predicted molar refractivity (Wildman–Crippen MR) is 216 cm³/mol. The van der Waals surface area contributed by atoms with Gasteiger partial charge in [-0.1, -0.05) is 20.8 Å². The molecule has 4 aliphatic carbocycles. The van der Waals surface area contributed by atoms with E-state index < -0.39 is 105 Å². The van der Waals surface area contributed by atoms with Crippen molar-refractivity contribution in [2.45, 2.75) is 203 Å². The van der Waals surface area contributed by atoms with Crippen molar-refractivity contribution in [3.8, 4) is 0 Å². The lowest BCUT2D eigenvalue weighted by atomic mass is 9.44. The van der Waals surface area contributed by atoms with E-state index in [-0.39, 0.29) is 35.6 Å². The molecule has 0 amide bonds. The van der Waals surface area contributed by atoms with Gasteiger partial charge in [-0.3, -0.25) is 0 Å². The highest BCUT2D eigenvalue weighted by molar-refractivity contribution is 5.26. The fraction of sp³-hybridized carbons (Fsp3) is 0.956. The van der Waals surface area contributed by atoms with Gasteiger partial charge in [-0.25, -0.2) is 0 Å². The van der Waals surface area contributed by atoms with Gasteiger partial charge < -0.3 is 84.2 Å². The summed E-state index contributed by atoms with van der Waals surface area (Å²) < 4.78 is 41.9. The highest BCUT2D eigenvalue weighted by Crippen LogP contribution is 2.70. The van der Waals surface area contributed by atoms with E-state index in [0.717, 1.165) is 63.5 Å². The van der Waals surface area contributed by atoms with Crippen molar-refractivity contribution in [3.63, 3.8) is 0 Å². The molecular weight excluding hydrogens is 812 g/mol. The van der Waals surface area contributed by atoms with Crippen LogP contribution in [0.15, 0.2) is 11.3 Å². The first-order valence-electron chi connectivity index (χ1n) is 23.3. The van der Waals surface area contributed by atoms with Gasteiger partial charge in [-0.2, -0.15) is 0 Å². The zero-order valence-electron chi connectivity index (χ0n) is 36.8. The molecule has 3 saturated heterocycles. The van der Waals surface area contributed by atoms with E-state index in [4.69, 9.17) is 33.2 Å². The van der Waals surface area contributed by atoms with Crippen LogP contribution in [0.1, 0.15) is 98.8 Å². The zero-order valence-corrected chi connectivity index (χ0v) is 36.8. The number of hydrogen-bond acceptors (Lipinski definition) is 17. The summed E-state index contributed by atoms with van der Waals surface area (Å²) in [5.41, 5.74) is 1.66. The lowest BCUT2D eigenvalue weighted by Gasteiger charge is -2.61. The predicted octanol–water partition coefficient (Wildman–Crippen LogP) is 0.198. The number of aliphatic hydroxyl groups excluding tert-OH is 10. The summed E-state index contributed by atoms with van der Waals surface area (Å²) in [6, 6.07) is 0. The maximum absolute atomic E-state index is 11.2. The molecule has 4 heterocycles. The smallest absolute Gasteiger partial charge is 0.187 e. The van der Waals surface area contributed by atoms with Crippen molar-refractivity contribution in [2.24, 2.45) is 46.3 Å². The molecule has 4 saturated carbocycles.